The zero-order chi connectivity index (χ0) is 5.86. The molecule has 0 aromatic carbocycles. The van der Waals surface area contributed by atoms with Gasteiger partial charge < -0.3 is 21.7 Å². The van der Waals surface area contributed by atoms with Gasteiger partial charge in [-0.3, -0.25) is 0 Å². The molecule has 0 radical (unpaired) electrons. The van der Waals surface area contributed by atoms with Crippen molar-refractivity contribution in [2.45, 2.75) is 0 Å². The molecule has 0 aliphatic heterocycles. The van der Waals surface area contributed by atoms with Crippen LogP contribution in [0.15, 0.2) is 11.6 Å². The van der Waals surface area contributed by atoms with Gasteiger partial charge in [0.25, 0.3) is 5.95 Å². The van der Waals surface area contributed by atoms with Crippen molar-refractivity contribution in [3.05, 3.63) is 11.6 Å². The van der Waals surface area contributed by atoms with Gasteiger partial charge in [0.05, 0.1) is 0 Å². The summed E-state index contributed by atoms with van der Waals surface area (Å²) in [6.45, 7) is -0.0255. The maximum absolute atomic E-state index is 8.05. The van der Waals surface area contributed by atoms with Crippen molar-refractivity contribution in [3.8, 4) is 0 Å². The van der Waals surface area contributed by atoms with E-state index < -0.39 is 5.95 Å². The minimum atomic E-state index is -0.887. The monoisotopic (exact) mass is 104 g/mol. The van der Waals surface area contributed by atoms with Crippen molar-refractivity contribution in [1.29, 1.82) is 0 Å². The van der Waals surface area contributed by atoms with Gasteiger partial charge in [0.2, 0.25) is 0 Å². The molecule has 4 nitrogen and oxygen atoms in total. The number of hydrogen-bond acceptors (Lipinski definition) is 4. The summed E-state index contributed by atoms with van der Waals surface area (Å²) in [5.74, 6) is -0.887. The Hall–Kier alpha value is -0.900. The van der Waals surface area contributed by atoms with Crippen LogP contribution in [0.5, 0.6) is 0 Å². The highest BCUT2D eigenvalue weighted by atomic mass is 16.5. The zero-order valence-corrected chi connectivity index (χ0v) is 3.76. The predicted molar refractivity (Wildman–Crippen MR) is 25.5 cm³/mol. The van der Waals surface area contributed by atoms with Crippen molar-refractivity contribution in [2.24, 2.45) is 11.5 Å². The Morgan fingerprint density at radius 2 is 1.86 bits per heavy atom. The van der Waals surface area contributed by atoms with E-state index in [1.165, 1.54) is 0 Å². The molecule has 0 atom stereocenters. The Bertz CT molecular complexity index is 84.9. The van der Waals surface area contributed by atoms with Crippen molar-refractivity contribution in [2.75, 3.05) is 6.54 Å². The van der Waals surface area contributed by atoms with Crippen molar-refractivity contribution in [3.63, 3.8) is 0 Å². The Balaban J connectivity index is 3.72. The van der Waals surface area contributed by atoms with Gasteiger partial charge in [-0.2, -0.15) is 0 Å². The van der Waals surface area contributed by atoms with Crippen LogP contribution in [-0.2, 0) is 0 Å². The summed E-state index contributed by atoms with van der Waals surface area (Å²) in [7, 11) is 0. The maximum atomic E-state index is 8.05. The molecule has 0 unspecified atom stereocenters. The Morgan fingerprint density at radius 3 is 1.86 bits per heavy atom. The van der Waals surface area contributed by atoms with E-state index in [2.05, 4.69) is 0 Å². The van der Waals surface area contributed by atoms with Gasteiger partial charge in [0.15, 0.2) is 0 Å². The third-order valence-electron chi connectivity index (χ3n) is 0.507. The first-order chi connectivity index (χ1) is 3.18. The molecule has 0 aliphatic carbocycles. The summed E-state index contributed by atoms with van der Waals surface area (Å²) < 4.78 is 0. The van der Waals surface area contributed by atoms with Gasteiger partial charge in [-0.1, -0.05) is 0 Å². The smallest absolute Gasteiger partial charge is 0.295 e. The number of aliphatic hydroxyl groups excluding tert-OH is 1. The maximum Gasteiger partial charge on any atom is 0.295 e. The molecule has 0 bridgehead atoms. The van der Waals surface area contributed by atoms with E-state index in [0.29, 0.717) is 0 Å². The molecule has 6 N–H and O–H groups in total. The Labute approximate surface area is 41.0 Å². The second-order valence-electron chi connectivity index (χ2n) is 1.05. The lowest BCUT2D eigenvalue weighted by Crippen LogP contribution is -2.13. The van der Waals surface area contributed by atoms with Crippen LogP contribution in [0, 0.1) is 0 Å². The van der Waals surface area contributed by atoms with E-state index in [-0.39, 0.29) is 12.2 Å². The van der Waals surface area contributed by atoms with Crippen LogP contribution in [0.3, 0.4) is 0 Å². The summed E-state index contributed by atoms with van der Waals surface area (Å²) in [6.07, 6.45) is 0. The number of hydrogen-bond donors (Lipinski definition) is 4. The highest BCUT2D eigenvalue weighted by molar-refractivity contribution is 4.96. The largest absolute Gasteiger partial charge is 0.480 e. The van der Waals surface area contributed by atoms with E-state index in [0.717, 1.165) is 0 Å². The molecule has 0 saturated heterocycles. The fourth-order valence-corrected chi connectivity index (χ4v) is 0.0913. The molecule has 0 heterocycles. The van der Waals surface area contributed by atoms with Crippen LogP contribution in [-0.4, -0.2) is 16.8 Å². The molecule has 0 amide bonds. The Morgan fingerprint density at radius 1 is 1.43 bits per heavy atom. The van der Waals surface area contributed by atoms with Crippen LogP contribution < -0.4 is 11.5 Å². The van der Waals surface area contributed by atoms with Gasteiger partial charge in [-0.05, 0) is 0 Å². The van der Waals surface area contributed by atoms with Crippen LogP contribution in [0.25, 0.3) is 0 Å². The molecule has 42 valence electrons. The summed E-state index contributed by atoms with van der Waals surface area (Å²) in [4.78, 5) is 0. The zero-order valence-electron chi connectivity index (χ0n) is 3.76. The number of aliphatic hydroxyl groups is 2. The number of nitrogens with two attached hydrogens (primary N) is 2. The molecule has 0 fully saturated rings. The fourth-order valence-electron chi connectivity index (χ4n) is 0.0913. The van der Waals surface area contributed by atoms with Gasteiger partial charge in [-0.25, -0.2) is 0 Å². The molecule has 0 aromatic heterocycles. The van der Waals surface area contributed by atoms with Crippen LogP contribution in [0.1, 0.15) is 0 Å². The lowest BCUT2D eigenvalue weighted by Gasteiger charge is -1.92. The SMILES string of the molecule is NCC(N)=C(O)O. The molecule has 0 aromatic rings. The van der Waals surface area contributed by atoms with Crippen LogP contribution in [0.2, 0.25) is 0 Å². The predicted octanol–water partition coefficient (Wildman–Crippen LogP) is -0.811. The molecular formula is C3H8N2O2. The van der Waals surface area contributed by atoms with Crippen molar-refractivity contribution >= 4 is 0 Å². The quantitative estimate of drug-likeness (QED) is 0.327. The number of rotatable bonds is 1. The van der Waals surface area contributed by atoms with Crippen LogP contribution >= 0.6 is 0 Å². The summed E-state index contributed by atoms with van der Waals surface area (Å²) in [6, 6.07) is 0. The lowest BCUT2D eigenvalue weighted by atomic mass is 10.5. The van der Waals surface area contributed by atoms with E-state index in [1.54, 1.807) is 0 Å². The molecule has 0 rings (SSSR count). The molecule has 0 spiro atoms. The highest BCUT2D eigenvalue weighted by Gasteiger charge is 1.90. The topological polar surface area (TPSA) is 92.5 Å². The third kappa shape index (κ3) is 1.88. The first kappa shape index (κ1) is 6.10. The minimum Gasteiger partial charge on any atom is -0.480 e. The lowest BCUT2D eigenvalue weighted by molar-refractivity contribution is 0.184. The highest BCUT2D eigenvalue weighted by Crippen LogP contribution is 1.82. The molecule has 4 heteroatoms. The average Bonchev–Trinajstić information content (AvgIpc) is 1.65. The molecule has 0 saturated carbocycles. The first-order valence-electron chi connectivity index (χ1n) is 1.75. The molecular weight excluding hydrogens is 96.0 g/mol. The molecule has 0 aliphatic rings. The van der Waals surface area contributed by atoms with E-state index in [9.17, 15) is 0 Å². The van der Waals surface area contributed by atoms with Gasteiger partial charge >= 0.3 is 0 Å². The van der Waals surface area contributed by atoms with Crippen LogP contribution in [0.4, 0.5) is 0 Å². The van der Waals surface area contributed by atoms with Gasteiger partial charge in [0.1, 0.15) is 5.70 Å². The first-order valence-corrected chi connectivity index (χ1v) is 1.75. The molecule has 7 heavy (non-hydrogen) atoms. The summed E-state index contributed by atoms with van der Waals surface area (Å²) in [5.41, 5.74) is 9.64. The summed E-state index contributed by atoms with van der Waals surface area (Å²) in [5, 5.41) is 16.1. The van der Waals surface area contributed by atoms with Crippen molar-refractivity contribution in [1.82, 2.24) is 0 Å². The van der Waals surface area contributed by atoms with Gasteiger partial charge in [0, 0.05) is 6.54 Å². The Kier molecular flexibility index (Phi) is 2.01. The average molecular weight is 104 g/mol. The van der Waals surface area contributed by atoms with E-state index >= 15 is 0 Å². The van der Waals surface area contributed by atoms with Gasteiger partial charge in [-0.15, -0.1) is 0 Å². The van der Waals surface area contributed by atoms with E-state index in [1.807, 2.05) is 0 Å². The fraction of sp³-hybridized carbons (Fsp3) is 0.333. The second kappa shape index (κ2) is 2.30. The normalized spacial score (nSPS) is 8.14. The van der Waals surface area contributed by atoms with E-state index in [4.69, 9.17) is 21.7 Å². The second-order valence-corrected chi connectivity index (χ2v) is 1.05. The standard InChI is InChI=1S/C3H8N2O2/c4-1-2(5)3(6)7/h6-7H,1,4-5H2. The minimum absolute atomic E-state index is 0.0255. The summed E-state index contributed by atoms with van der Waals surface area (Å²) >= 11 is 0. The third-order valence-corrected chi connectivity index (χ3v) is 0.507. The van der Waals surface area contributed by atoms with Crippen molar-refractivity contribution < 1.29 is 10.2 Å².